The average Bonchev–Trinajstić information content (AvgIpc) is 2.36. The fraction of sp³-hybridized carbons (Fsp3) is 0.909. The molecule has 0 bridgehead atoms. The summed E-state index contributed by atoms with van der Waals surface area (Å²) in [6.07, 6.45) is 82.9. The normalized spacial score (nSPS) is 18.2. The van der Waals surface area contributed by atoms with E-state index in [0.29, 0.717) is 6.42 Å². The third-order valence-electron chi connectivity index (χ3n) is 18.5. The molecule has 0 aliphatic carbocycles. The highest BCUT2D eigenvalue weighted by Crippen LogP contribution is 2.24. The summed E-state index contributed by atoms with van der Waals surface area (Å²) in [5.74, 6) is -0.168. The molecule has 86 heavy (non-hydrogen) atoms. The van der Waals surface area contributed by atoms with Crippen LogP contribution in [-0.4, -0.2) is 87.5 Å². The summed E-state index contributed by atoms with van der Waals surface area (Å²) in [5.41, 5.74) is 0. The molecule has 7 atom stereocenters. The Morgan fingerprint density at radius 1 is 0.395 bits per heavy atom. The molecule has 0 saturated carbocycles. The molecule has 1 rings (SSSR count). The van der Waals surface area contributed by atoms with Gasteiger partial charge in [-0.15, -0.1) is 0 Å². The number of carbonyl (C=O) groups is 1. The first kappa shape index (κ1) is 82.4. The van der Waals surface area contributed by atoms with Gasteiger partial charge in [0.25, 0.3) is 0 Å². The van der Waals surface area contributed by atoms with Gasteiger partial charge >= 0.3 is 0 Å². The molecule has 1 heterocycles. The van der Waals surface area contributed by atoms with Crippen LogP contribution < -0.4 is 5.32 Å². The van der Waals surface area contributed by atoms with Crippen molar-refractivity contribution in [1.29, 1.82) is 0 Å². The number of amides is 1. The number of rotatable bonds is 68. The summed E-state index contributed by atoms with van der Waals surface area (Å²) < 4.78 is 11.3. The SMILES string of the molecule is CCCCCCC/C=C\C/C=C\CCCCCCCCCCCCCCCCCCCCCCCCCCCCCCCC(=O)NC(COC1OC(CO)C(O)C(O)C1O)C(O)/C=C/CCCCCCCCCCCCCCCCCCCCCC. The van der Waals surface area contributed by atoms with Gasteiger partial charge < -0.3 is 40.3 Å². The predicted octanol–water partition coefficient (Wildman–Crippen LogP) is 21.4. The monoisotopic (exact) mass is 1210 g/mol. The second-order valence-corrected chi connectivity index (χ2v) is 26.8. The molecule has 508 valence electrons. The number of allylic oxidation sites excluding steroid dienone is 5. The summed E-state index contributed by atoms with van der Waals surface area (Å²) in [5, 5.41) is 54.8. The first-order chi connectivity index (χ1) is 42.3. The quantitative estimate of drug-likeness (QED) is 0.0261. The lowest BCUT2D eigenvalue weighted by Crippen LogP contribution is -2.60. The van der Waals surface area contributed by atoms with Gasteiger partial charge in [0.1, 0.15) is 24.4 Å². The molecule has 9 heteroatoms. The maximum Gasteiger partial charge on any atom is 0.220 e. The van der Waals surface area contributed by atoms with Crippen molar-refractivity contribution in [1.82, 2.24) is 5.32 Å². The summed E-state index contributed by atoms with van der Waals surface area (Å²) in [6, 6.07) is -0.804. The van der Waals surface area contributed by atoms with Gasteiger partial charge in [0, 0.05) is 6.42 Å². The number of aliphatic hydroxyl groups is 5. The largest absolute Gasteiger partial charge is 0.394 e. The van der Waals surface area contributed by atoms with E-state index in [0.717, 1.165) is 44.9 Å². The summed E-state index contributed by atoms with van der Waals surface area (Å²) in [6.45, 7) is 3.83. The van der Waals surface area contributed by atoms with Crippen LogP contribution in [0.4, 0.5) is 0 Å². The first-order valence-electron chi connectivity index (χ1n) is 38.2. The minimum atomic E-state index is -1.57. The molecule has 0 spiro atoms. The third kappa shape index (κ3) is 54.2. The smallest absolute Gasteiger partial charge is 0.220 e. The second-order valence-electron chi connectivity index (χ2n) is 26.8. The standard InChI is InChI=1S/C77H147NO8/c1-3-5-7-9-11-13-15-17-19-21-23-25-27-28-29-30-31-32-33-34-35-36-37-38-39-40-41-42-43-44-45-47-49-51-53-55-57-59-61-63-65-67-73(81)78-70(69-85-77-76(84)75(83)74(82)72(68-79)86-77)71(80)66-64-62-60-58-56-54-52-50-48-46-26-24-22-20-18-16-14-12-10-8-6-4-2/h15,17,21,23,64,66,70-72,74-77,79-80,82-84H,3-14,16,18-20,22,24-63,65,67-69H2,1-2H3,(H,78,81)/b17-15-,23-21-,66-64+. The van der Waals surface area contributed by atoms with Crippen LogP contribution in [0.1, 0.15) is 393 Å². The summed E-state index contributed by atoms with van der Waals surface area (Å²) in [7, 11) is 0. The molecular formula is C77H147NO8. The molecule has 1 fully saturated rings. The molecule has 7 unspecified atom stereocenters. The number of nitrogens with one attached hydrogen (secondary N) is 1. The molecule has 1 saturated heterocycles. The maximum atomic E-state index is 13.1. The Balaban J connectivity index is 2.03. The van der Waals surface area contributed by atoms with Crippen molar-refractivity contribution in [2.75, 3.05) is 13.2 Å². The molecule has 0 aromatic heterocycles. The van der Waals surface area contributed by atoms with E-state index in [1.165, 1.54) is 327 Å². The number of hydrogen-bond acceptors (Lipinski definition) is 8. The Bertz CT molecular complexity index is 1450. The zero-order chi connectivity index (χ0) is 62.1. The van der Waals surface area contributed by atoms with Gasteiger partial charge in [-0.05, 0) is 51.4 Å². The Morgan fingerprint density at radius 3 is 1.00 bits per heavy atom. The molecule has 1 aliphatic rings. The van der Waals surface area contributed by atoms with Crippen molar-refractivity contribution in [2.24, 2.45) is 0 Å². The highest BCUT2D eigenvalue weighted by atomic mass is 16.7. The Labute approximate surface area is 533 Å². The molecule has 0 aromatic carbocycles. The van der Waals surface area contributed by atoms with E-state index in [1.54, 1.807) is 6.08 Å². The minimum absolute atomic E-state index is 0.168. The highest BCUT2D eigenvalue weighted by molar-refractivity contribution is 5.76. The van der Waals surface area contributed by atoms with Gasteiger partial charge in [-0.2, -0.15) is 0 Å². The van der Waals surface area contributed by atoms with Crippen LogP contribution in [0.2, 0.25) is 0 Å². The van der Waals surface area contributed by atoms with Crippen molar-refractivity contribution in [3.8, 4) is 0 Å². The van der Waals surface area contributed by atoms with Crippen LogP contribution in [-0.2, 0) is 14.3 Å². The van der Waals surface area contributed by atoms with Gasteiger partial charge in [0.2, 0.25) is 5.91 Å². The number of carbonyl (C=O) groups excluding carboxylic acids is 1. The Morgan fingerprint density at radius 2 is 0.686 bits per heavy atom. The number of ether oxygens (including phenoxy) is 2. The van der Waals surface area contributed by atoms with Gasteiger partial charge in [0.05, 0.1) is 25.4 Å². The van der Waals surface area contributed by atoms with Crippen molar-refractivity contribution < 1.29 is 39.8 Å². The van der Waals surface area contributed by atoms with Crippen LogP contribution in [0.25, 0.3) is 0 Å². The zero-order valence-electron chi connectivity index (χ0n) is 57.1. The topological polar surface area (TPSA) is 149 Å². The molecule has 0 aromatic rings. The van der Waals surface area contributed by atoms with Crippen LogP contribution in [0, 0.1) is 0 Å². The van der Waals surface area contributed by atoms with E-state index in [9.17, 15) is 30.3 Å². The summed E-state index contributed by atoms with van der Waals surface area (Å²) >= 11 is 0. The van der Waals surface area contributed by atoms with Crippen molar-refractivity contribution in [3.63, 3.8) is 0 Å². The number of unbranched alkanes of at least 4 members (excludes halogenated alkanes) is 54. The van der Waals surface area contributed by atoms with Crippen molar-refractivity contribution in [2.45, 2.75) is 436 Å². The molecule has 9 nitrogen and oxygen atoms in total. The van der Waals surface area contributed by atoms with E-state index in [-0.39, 0.29) is 12.5 Å². The first-order valence-corrected chi connectivity index (χ1v) is 38.2. The predicted molar refractivity (Wildman–Crippen MR) is 369 cm³/mol. The number of aliphatic hydroxyl groups excluding tert-OH is 5. The van der Waals surface area contributed by atoms with Gasteiger partial charge in [-0.25, -0.2) is 0 Å². The summed E-state index contributed by atoms with van der Waals surface area (Å²) in [4.78, 5) is 13.1. The lowest BCUT2D eigenvalue weighted by Gasteiger charge is -2.40. The van der Waals surface area contributed by atoms with Crippen molar-refractivity contribution in [3.05, 3.63) is 36.5 Å². The molecule has 1 aliphatic heterocycles. The van der Waals surface area contributed by atoms with E-state index in [2.05, 4.69) is 43.5 Å². The molecule has 1 amide bonds. The van der Waals surface area contributed by atoms with Crippen LogP contribution in [0.5, 0.6) is 0 Å². The van der Waals surface area contributed by atoms with E-state index < -0.39 is 49.5 Å². The van der Waals surface area contributed by atoms with Gasteiger partial charge in [-0.3, -0.25) is 4.79 Å². The maximum absolute atomic E-state index is 13.1. The van der Waals surface area contributed by atoms with Crippen LogP contribution in [0.3, 0.4) is 0 Å². The Kier molecular flexibility index (Phi) is 63.6. The lowest BCUT2D eigenvalue weighted by molar-refractivity contribution is -0.302. The lowest BCUT2D eigenvalue weighted by atomic mass is 9.99. The minimum Gasteiger partial charge on any atom is -0.394 e. The fourth-order valence-corrected chi connectivity index (χ4v) is 12.5. The van der Waals surface area contributed by atoms with Gasteiger partial charge in [0.15, 0.2) is 6.29 Å². The highest BCUT2D eigenvalue weighted by Gasteiger charge is 2.44. The van der Waals surface area contributed by atoms with E-state index >= 15 is 0 Å². The molecular weight excluding hydrogens is 1070 g/mol. The second kappa shape index (κ2) is 66.3. The fourth-order valence-electron chi connectivity index (χ4n) is 12.5. The molecule has 6 N–H and O–H groups in total. The van der Waals surface area contributed by atoms with Crippen LogP contribution >= 0.6 is 0 Å². The average molecular weight is 1220 g/mol. The van der Waals surface area contributed by atoms with E-state index in [1.807, 2.05) is 6.08 Å². The third-order valence-corrected chi connectivity index (χ3v) is 18.5. The van der Waals surface area contributed by atoms with Crippen molar-refractivity contribution >= 4 is 5.91 Å². The molecule has 0 radical (unpaired) electrons. The Hall–Kier alpha value is -1.59. The zero-order valence-corrected chi connectivity index (χ0v) is 57.1. The van der Waals surface area contributed by atoms with Crippen LogP contribution in [0.15, 0.2) is 36.5 Å². The van der Waals surface area contributed by atoms with Gasteiger partial charge in [-0.1, -0.05) is 371 Å². The van der Waals surface area contributed by atoms with E-state index in [4.69, 9.17) is 9.47 Å². The number of hydrogen-bond donors (Lipinski definition) is 6.